The van der Waals surface area contributed by atoms with E-state index in [9.17, 15) is 0 Å². The summed E-state index contributed by atoms with van der Waals surface area (Å²) in [6.07, 6.45) is 6.95. The first-order chi connectivity index (χ1) is 9.09. The zero-order valence-corrected chi connectivity index (χ0v) is 11.9. The highest BCUT2D eigenvalue weighted by atomic mass is 16.7. The number of hydrogen-bond donors (Lipinski definition) is 0. The molecule has 2 aliphatic rings. The summed E-state index contributed by atoms with van der Waals surface area (Å²) in [5.41, 5.74) is 2.76. The van der Waals surface area contributed by atoms with Gasteiger partial charge in [-0.15, -0.1) is 0 Å². The third-order valence-electron chi connectivity index (χ3n) is 4.18. The molecule has 1 aromatic rings. The number of aromatic nitrogens is 1. The van der Waals surface area contributed by atoms with Crippen molar-refractivity contribution in [1.29, 1.82) is 0 Å². The molecule has 0 unspecified atom stereocenters. The molecule has 0 bridgehead atoms. The van der Waals surface area contributed by atoms with Crippen molar-refractivity contribution in [3.05, 3.63) is 29.6 Å². The number of nitrogens with zero attached hydrogens (tertiary/aromatic N) is 1. The van der Waals surface area contributed by atoms with Crippen molar-refractivity contribution < 1.29 is 9.47 Å². The average Bonchev–Trinajstić information content (AvgIpc) is 2.38. The van der Waals surface area contributed by atoms with Crippen LogP contribution in [0.1, 0.15) is 44.4 Å². The first-order valence-electron chi connectivity index (χ1n) is 7.29. The number of rotatable bonds is 0. The van der Waals surface area contributed by atoms with Crippen molar-refractivity contribution in [2.24, 2.45) is 5.41 Å². The van der Waals surface area contributed by atoms with Crippen molar-refractivity contribution in [1.82, 2.24) is 4.98 Å². The Balaban J connectivity index is 1.74. The molecular formula is C16H23NO2. The predicted molar refractivity (Wildman–Crippen MR) is 73.9 cm³/mol. The molecular weight excluding hydrogens is 238 g/mol. The summed E-state index contributed by atoms with van der Waals surface area (Å²) in [5, 5.41) is 0. The fraction of sp³-hybridized carbons (Fsp3) is 0.688. The second-order valence-electron chi connectivity index (χ2n) is 6.62. The van der Waals surface area contributed by atoms with E-state index in [0.717, 1.165) is 45.3 Å². The van der Waals surface area contributed by atoms with Gasteiger partial charge in [0.2, 0.25) is 0 Å². The summed E-state index contributed by atoms with van der Waals surface area (Å²) in [6, 6.07) is 4.22. The largest absolute Gasteiger partial charge is 0.349 e. The highest BCUT2D eigenvalue weighted by Crippen LogP contribution is 2.37. The van der Waals surface area contributed by atoms with E-state index in [1.54, 1.807) is 0 Å². The number of ether oxygens (including phenoxy) is 2. The monoisotopic (exact) mass is 261 g/mol. The smallest absolute Gasteiger partial charge is 0.168 e. The second-order valence-corrected chi connectivity index (χ2v) is 6.62. The molecule has 1 aliphatic carbocycles. The van der Waals surface area contributed by atoms with E-state index in [1.807, 2.05) is 12.3 Å². The molecule has 0 N–H and O–H groups in total. The van der Waals surface area contributed by atoms with Gasteiger partial charge in [0.1, 0.15) is 0 Å². The van der Waals surface area contributed by atoms with E-state index < -0.39 is 0 Å². The minimum absolute atomic E-state index is 0.146. The molecule has 0 saturated carbocycles. The molecule has 0 radical (unpaired) electrons. The first kappa shape index (κ1) is 13.1. The Morgan fingerprint density at radius 1 is 1.11 bits per heavy atom. The van der Waals surface area contributed by atoms with Gasteiger partial charge in [0.25, 0.3) is 0 Å². The van der Waals surface area contributed by atoms with Crippen LogP contribution in [0.15, 0.2) is 18.3 Å². The van der Waals surface area contributed by atoms with Gasteiger partial charge in [-0.25, -0.2) is 0 Å². The maximum Gasteiger partial charge on any atom is 0.168 e. The van der Waals surface area contributed by atoms with Crippen LogP contribution in [0.25, 0.3) is 0 Å². The van der Waals surface area contributed by atoms with E-state index in [2.05, 4.69) is 24.9 Å². The molecule has 19 heavy (non-hydrogen) atoms. The van der Waals surface area contributed by atoms with E-state index in [4.69, 9.17) is 9.47 Å². The third kappa shape index (κ3) is 2.82. The Hall–Kier alpha value is -0.930. The van der Waals surface area contributed by atoms with Crippen LogP contribution in [0.2, 0.25) is 0 Å². The second kappa shape index (κ2) is 4.88. The molecule has 1 aliphatic heterocycles. The van der Waals surface area contributed by atoms with Gasteiger partial charge in [-0.2, -0.15) is 0 Å². The number of aryl methyl sites for hydroxylation is 2. The van der Waals surface area contributed by atoms with Crippen molar-refractivity contribution in [2.75, 3.05) is 13.2 Å². The van der Waals surface area contributed by atoms with Crippen molar-refractivity contribution in [2.45, 2.75) is 51.7 Å². The van der Waals surface area contributed by atoms with E-state index >= 15 is 0 Å². The number of fused-ring (bicyclic) bond motifs is 1. The zero-order valence-electron chi connectivity index (χ0n) is 11.9. The number of pyridine rings is 1. The first-order valence-corrected chi connectivity index (χ1v) is 7.29. The molecule has 2 heterocycles. The molecule has 104 valence electrons. The Kier molecular flexibility index (Phi) is 3.35. The molecule has 0 amide bonds. The van der Waals surface area contributed by atoms with Crippen LogP contribution in [0.3, 0.4) is 0 Å². The molecule has 1 saturated heterocycles. The Morgan fingerprint density at radius 2 is 1.89 bits per heavy atom. The van der Waals surface area contributed by atoms with Gasteiger partial charge < -0.3 is 9.47 Å². The molecule has 0 atom stereocenters. The van der Waals surface area contributed by atoms with Crippen LogP contribution in [0.4, 0.5) is 0 Å². The lowest BCUT2D eigenvalue weighted by molar-refractivity contribution is -0.304. The van der Waals surface area contributed by atoms with Gasteiger partial charge in [-0.05, 0) is 30.9 Å². The van der Waals surface area contributed by atoms with Gasteiger partial charge in [-0.3, -0.25) is 4.98 Å². The summed E-state index contributed by atoms with van der Waals surface area (Å²) >= 11 is 0. The maximum absolute atomic E-state index is 6.13. The fourth-order valence-electron chi connectivity index (χ4n) is 2.93. The van der Waals surface area contributed by atoms with Crippen molar-refractivity contribution in [3.63, 3.8) is 0 Å². The topological polar surface area (TPSA) is 31.4 Å². The molecule has 3 nitrogen and oxygen atoms in total. The Bertz CT molecular complexity index is 446. The summed E-state index contributed by atoms with van der Waals surface area (Å²) in [7, 11) is 0. The predicted octanol–water partition coefficient (Wildman–Crippen LogP) is 3.12. The van der Waals surface area contributed by atoms with Crippen LogP contribution < -0.4 is 0 Å². The SMILES string of the molecule is CC1(C)COC2(CCCc3ncccc3CC2)OC1. The van der Waals surface area contributed by atoms with Gasteiger partial charge in [0, 0.05) is 30.1 Å². The van der Waals surface area contributed by atoms with E-state index in [-0.39, 0.29) is 11.2 Å². The summed E-state index contributed by atoms with van der Waals surface area (Å²) in [6.45, 7) is 5.99. The van der Waals surface area contributed by atoms with Crippen LogP contribution in [-0.4, -0.2) is 24.0 Å². The quantitative estimate of drug-likeness (QED) is 0.719. The van der Waals surface area contributed by atoms with E-state index in [0.29, 0.717) is 0 Å². The lowest BCUT2D eigenvalue weighted by Crippen LogP contribution is -2.48. The van der Waals surface area contributed by atoms with Crippen LogP contribution in [-0.2, 0) is 22.3 Å². The minimum Gasteiger partial charge on any atom is -0.349 e. The molecule has 1 fully saturated rings. The van der Waals surface area contributed by atoms with Crippen LogP contribution >= 0.6 is 0 Å². The highest BCUT2D eigenvalue weighted by Gasteiger charge is 2.40. The summed E-state index contributed by atoms with van der Waals surface area (Å²) < 4.78 is 12.3. The standard InChI is InChI=1S/C16H23NO2/c1-15(2)11-18-16(19-12-15)8-3-6-14-13(7-9-16)5-4-10-17-14/h4-5,10H,3,6-9,11-12H2,1-2H3. The normalized spacial score (nSPS) is 25.4. The third-order valence-corrected chi connectivity index (χ3v) is 4.18. The molecule has 1 aromatic heterocycles. The summed E-state index contributed by atoms with van der Waals surface area (Å²) in [4.78, 5) is 4.50. The van der Waals surface area contributed by atoms with Crippen LogP contribution in [0, 0.1) is 5.41 Å². The van der Waals surface area contributed by atoms with Gasteiger partial charge in [0.15, 0.2) is 5.79 Å². The Morgan fingerprint density at radius 3 is 2.68 bits per heavy atom. The highest BCUT2D eigenvalue weighted by molar-refractivity contribution is 5.21. The fourth-order valence-corrected chi connectivity index (χ4v) is 2.93. The maximum atomic E-state index is 6.13. The van der Waals surface area contributed by atoms with Crippen molar-refractivity contribution in [3.8, 4) is 0 Å². The van der Waals surface area contributed by atoms with Crippen molar-refractivity contribution >= 4 is 0 Å². The number of hydrogen-bond acceptors (Lipinski definition) is 3. The van der Waals surface area contributed by atoms with E-state index in [1.165, 1.54) is 11.3 Å². The van der Waals surface area contributed by atoms with Gasteiger partial charge in [0.05, 0.1) is 13.2 Å². The van der Waals surface area contributed by atoms with Gasteiger partial charge >= 0.3 is 0 Å². The minimum atomic E-state index is -0.344. The lowest BCUT2D eigenvalue weighted by atomic mass is 9.89. The molecule has 0 aromatic carbocycles. The molecule has 1 spiro atoms. The van der Waals surface area contributed by atoms with Gasteiger partial charge in [-0.1, -0.05) is 19.9 Å². The molecule has 3 heteroatoms. The average molecular weight is 261 g/mol. The Labute approximate surface area is 115 Å². The van der Waals surface area contributed by atoms with Crippen LogP contribution in [0.5, 0.6) is 0 Å². The molecule has 3 rings (SSSR count). The summed E-state index contributed by atoms with van der Waals surface area (Å²) in [5.74, 6) is -0.344. The lowest BCUT2D eigenvalue weighted by Gasteiger charge is -2.44. The zero-order chi connectivity index (χ0) is 13.3.